The summed E-state index contributed by atoms with van der Waals surface area (Å²) in [5.74, 6) is 0.287. The Morgan fingerprint density at radius 3 is 2.31 bits per heavy atom. The van der Waals surface area contributed by atoms with Gasteiger partial charge in [-0.1, -0.05) is 48.5 Å². The molecule has 0 aliphatic carbocycles. The fourth-order valence-electron chi connectivity index (χ4n) is 3.93. The number of nitro groups is 1. The molecule has 29 heavy (non-hydrogen) atoms. The zero-order valence-corrected chi connectivity index (χ0v) is 15.3. The number of aromatic nitrogens is 1. The molecular weight excluding hydrogens is 369 g/mol. The van der Waals surface area contributed by atoms with Crippen LogP contribution in [-0.4, -0.2) is 9.49 Å². The van der Waals surface area contributed by atoms with Crippen LogP contribution in [0, 0.1) is 15.9 Å². The molecule has 0 bridgehead atoms. The van der Waals surface area contributed by atoms with Crippen LogP contribution in [0.3, 0.4) is 0 Å². The fourth-order valence-corrected chi connectivity index (χ4v) is 3.93. The van der Waals surface area contributed by atoms with Crippen molar-refractivity contribution in [3.8, 4) is 22.4 Å². The van der Waals surface area contributed by atoms with Crippen molar-refractivity contribution in [3.05, 3.63) is 100 Å². The molecule has 0 unspecified atom stereocenters. The summed E-state index contributed by atoms with van der Waals surface area (Å²) in [4.78, 5) is 11.9. The molecule has 1 aliphatic rings. The Hall–Kier alpha value is -3.93. The lowest BCUT2D eigenvalue weighted by Crippen LogP contribution is -2.13. The van der Waals surface area contributed by atoms with Gasteiger partial charge in [-0.05, 0) is 41.5 Å². The van der Waals surface area contributed by atoms with Crippen LogP contribution in [-0.2, 0) is 6.54 Å². The summed E-state index contributed by atoms with van der Waals surface area (Å²) in [7, 11) is 0. The number of fused-ring (bicyclic) bond motifs is 2. The van der Waals surface area contributed by atoms with Crippen molar-refractivity contribution in [2.24, 2.45) is 0 Å². The van der Waals surface area contributed by atoms with E-state index in [9.17, 15) is 14.5 Å². The molecule has 0 atom stereocenters. The van der Waals surface area contributed by atoms with Gasteiger partial charge in [-0.25, -0.2) is 4.39 Å². The molecule has 0 saturated heterocycles. The lowest BCUT2D eigenvalue weighted by Gasteiger charge is -2.23. The van der Waals surface area contributed by atoms with Gasteiger partial charge < -0.3 is 9.88 Å². The minimum Gasteiger partial charge on any atom is -0.341 e. The van der Waals surface area contributed by atoms with Gasteiger partial charge in [-0.3, -0.25) is 10.1 Å². The summed E-state index contributed by atoms with van der Waals surface area (Å²) in [5, 5.41) is 15.6. The topological polar surface area (TPSA) is 60.1 Å². The average molecular weight is 385 g/mol. The molecule has 2 heterocycles. The van der Waals surface area contributed by atoms with Gasteiger partial charge in [-0.15, -0.1) is 0 Å². The lowest BCUT2D eigenvalue weighted by atomic mass is 10.0. The molecule has 5 nitrogen and oxygen atoms in total. The van der Waals surface area contributed by atoms with Crippen molar-refractivity contribution in [2.75, 3.05) is 5.32 Å². The molecule has 0 saturated carbocycles. The van der Waals surface area contributed by atoms with Crippen molar-refractivity contribution < 1.29 is 9.31 Å². The van der Waals surface area contributed by atoms with Gasteiger partial charge in [0.15, 0.2) is 0 Å². The molecule has 1 aromatic heterocycles. The first-order chi connectivity index (χ1) is 14.1. The normalized spacial score (nSPS) is 12.0. The maximum atomic E-state index is 13.5. The number of hydrogen-bond acceptors (Lipinski definition) is 3. The van der Waals surface area contributed by atoms with E-state index in [2.05, 4.69) is 5.32 Å². The fraction of sp³-hybridized carbons (Fsp3) is 0.0435. The van der Waals surface area contributed by atoms with E-state index in [-0.39, 0.29) is 16.4 Å². The third kappa shape index (κ3) is 2.77. The van der Waals surface area contributed by atoms with Crippen LogP contribution in [0.25, 0.3) is 22.4 Å². The van der Waals surface area contributed by atoms with Gasteiger partial charge in [-0.2, -0.15) is 0 Å². The number of rotatable bonds is 3. The van der Waals surface area contributed by atoms with E-state index in [1.165, 1.54) is 12.1 Å². The van der Waals surface area contributed by atoms with E-state index in [1.54, 1.807) is 12.1 Å². The SMILES string of the molecule is O=[N+]([O-])c1c(-c2ccccc2)c2n(c1-c1ccc(F)cc1)Cc1ccccc1N2. The quantitative estimate of drug-likeness (QED) is 0.307. The van der Waals surface area contributed by atoms with Crippen LogP contribution < -0.4 is 5.32 Å². The molecule has 0 fully saturated rings. The van der Waals surface area contributed by atoms with Crippen molar-refractivity contribution >= 4 is 17.2 Å². The summed E-state index contributed by atoms with van der Waals surface area (Å²) in [6.45, 7) is 0.485. The van der Waals surface area contributed by atoms with Gasteiger partial charge in [0.1, 0.15) is 22.9 Å². The van der Waals surface area contributed by atoms with Gasteiger partial charge in [0.25, 0.3) is 0 Å². The Labute approximate surface area is 166 Å². The average Bonchev–Trinajstić information content (AvgIpc) is 3.07. The zero-order valence-electron chi connectivity index (χ0n) is 15.3. The standard InChI is InChI=1S/C23H16FN3O2/c24-18-12-10-16(11-13-18)21-22(27(28)29)20(15-6-2-1-3-7-15)23-25-19-9-5-4-8-17(19)14-26(21)23/h1-13,25H,14H2. The molecular formula is C23H16FN3O2. The number of para-hydroxylation sites is 1. The van der Waals surface area contributed by atoms with Crippen LogP contribution in [0.2, 0.25) is 0 Å². The largest absolute Gasteiger partial charge is 0.341 e. The van der Waals surface area contributed by atoms with Crippen molar-refractivity contribution in [1.29, 1.82) is 0 Å². The Kier molecular flexibility index (Phi) is 3.91. The van der Waals surface area contributed by atoms with E-state index < -0.39 is 0 Å². The number of hydrogen-bond donors (Lipinski definition) is 1. The summed E-state index contributed by atoms with van der Waals surface area (Å²) in [6.07, 6.45) is 0. The first kappa shape index (κ1) is 17.2. The molecule has 4 aromatic rings. The highest BCUT2D eigenvalue weighted by Gasteiger charge is 2.35. The van der Waals surface area contributed by atoms with E-state index in [1.807, 2.05) is 59.2 Å². The Bertz CT molecular complexity index is 1230. The summed E-state index contributed by atoms with van der Waals surface area (Å²) in [6, 6.07) is 23.0. The van der Waals surface area contributed by atoms with Crippen molar-refractivity contribution in [1.82, 2.24) is 4.57 Å². The van der Waals surface area contributed by atoms with Crippen LogP contribution in [0.15, 0.2) is 78.9 Å². The molecule has 142 valence electrons. The Balaban J connectivity index is 1.85. The summed E-state index contributed by atoms with van der Waals surface area (Å²) in [5.41, 5.74) is 4.32. The molecule has 6 heteroatoms. The molecule has 0 radical (unpaired) electrons. The monoisotopic (exact) mass is 385 g/mol. The second kappa shape index (κ2) is 6.60. The third-order valence-corrected chi connectivity index (χ3v) is 5.20. The highest BCUT2D eigenvalue weighted by molar-refractivity contribution is 5.96. The number of halogens is 1. The van der Waals surface area contributed by atoms with Gasteiger partial charge >= 0.3 is 5.69 Å². The van der Waals surface area contributed by atoms with Gasteiger partial charge in [0.2, 0.25) is 0 Å². The number of nitrogens with one attached hydrogen (secondary N) is 1. The minimum absolute atomic E-state index is 0.0121. The maximum Gasteiger partial charge on any atom is 0.304 e. The number of nitrogens with zero attached hydrogens (tertiary/aromatic N) is 2. The van der Waals surface area contributed by atoms with Gasteiger partial charge in [0.05, 0.1) is 11.5 Å². The minimum atomic E-state index is -0.381. The highest BCUT2D eigenvalue weighted by Crippen LogP contribution is 2.49. The lowest BCUT2D eigenvalue weighted by molar-refractivity contribution is -0.383. The zero-order chi connectivity index (χ0) is 20.0. The Morgan fingerprint density at radius 2 is 1.59 bits per heavy atom. The highest BCUT2D eigenvalue weighted by atomic mass is 19.1. The van der Waals surface area contributed by atoms with E-state index in [0.717, 1.165) is 16.8 Å². The van der Waals surface area contributed by atoms with Gasteiger partial charge in [0, 0.05) is 11.3 Å². The first-order valence-electron chi connectivity index (χ1n) is 9.20. The summed E-state index contributed by atoms with van der Waals surface area (Å²) >= 11 is 0. The molecule has 5 rings (SSSR count). The second-order valence-corrected chi connectivity index (χ2v) is 6.92. The molecule has 0 amide bonds. The van der Waals surface area contributed by atoms with Crippen molar-refractivity contribution in [3.63, 3.8) is 0 Å². The predicted octanol–water partition coefficient (Wildman–Crippen LogP) is 5.97. The number of benzene rings is 3. The van der Waals surface area contributed by atoms with Crippen molar-refractivity contribution in [2.45, 2.75) is 6.54 Å². The number of anilines is 2. The summed E-state index contributed by atoms with van der Waals surface area (Å²) < 4.78 is 15.4. The molecule has 0 spiro atoms. The van der Waals surface area contributed by atoms with E-state index in [0.29, 0.717) is 29.2 Å². The molecule has 3 aromatic carbocycles. The third-order valence-electron chi connectivity index (χ3n) is 5.20. The molecule has 1 aliphatic heterocycles. The second-order valence-electron chi connectivity index (χ2n) is 6.92. The maximum absolute atomic E-state index is 13.5. The van der Waals surface area contributed by atoms with E-state index >= 15 is 0 Å². The van der Waals surface area contributed by atoms with Crippen LogP contribution >= 0.6 is 0 Å². The smallest absolute Gasteiger partial charge is 0.304 e. The van der Waals surface area contributed by atoms with E-state index in [4.69, 9.17) is 0 Å². The van der Waals surface area contributed by atoms with Crippen LogP contribution in [0.1, 0.15) is 5.56 Å². The predicted molar refractivity (Wildman–Crippen MR) is 111 cm³/mol. The molecule has 1 N–H and O–H groups in total. The first-order valence-corrected chi connectivity index (χ1v) is 9.20. The van der Waals surface area contributed by atoms with Crippen LogP contribution in [0.5, 0.6) is 0 Å². The van der Waals surface area contributed by atoms with Crippen LogP contribution in [0.4, 0.5) is 21.6 Å². The Morgan fingerprint density at radius 1 is 0.897 bits per heavy atom.